The molecule has 1 nitrogen and oxygen atoms in total. The molecule has 0 bridgehead atoms. The average molecular weight is 205 g/mol. The molecule has 0 aliphatic carbocycles. The Morgan fingerprint density at radius 2 is 2.00 bits per heavy atom. The number of para-hydroxylation sites is 1. The molecule has 0 saturated carbocycles. The van der Waals surface area contributed by atoms with Crippen LogP contribution in [-0.2, 0) is 0 Å². The molecule has 0 amide bonds. The smallest absolute Gasteiger partial charge is 0.639 e. The van der Waals surface area contributed by atoms with Crippen molar-refractivity contribution in [2.45, 2.75) is 0 Å². The molecule has 0 aliphatic heterocycles. The Labute approximate surface area is 116 Å². The van der Waals surface area contributed by atoms with Crippen LogP contribution in [0.25, 0.3) is 10.2 Å². The van der Waals surface area contributed by atoms with E-state index < -0.39 is 0 Å². The normalized spacial score (nSPS) is 9.45. The van der Waals surface area contributed by atoms with Gasteiger partial charge in [-0.1, -0.05) is 30.4 Å². The first-order valence-corrected chi connectivity index (χ1v) is 4.11. The van der Waals surface area contributed by atoms with Gasteiger partial charge in [-0.2, -0.15) is 11.3 Å². The number of benzene rings is 1. The van der Waals surface area contributed by atoms with Crippen molar-refractivity contribution in [2.24, 2.45) is 0 Å². The fourth-order valence-electron chi connectivity index (χ4n) is 0.851. The van der Waals surface area contributed by atoms with E-state index in [0.717, 1.165) is 9.47 Å². The molecule has 0 unspecified atom stereocenters. The Kier molecular flexibility index (Phi) is 3.90. The first kappa shape index (κ1) is 10.0. The molecule has 4 heteroatoms. The molecule has 0 saturated heterocycles. The molecule has 11 heavy (non-hydrogen) atoms. The van der Waals surface area contributed by atoms with Crippen LogP contribution < -0.4 is 56.4 Å². The van der Waals surface area contributed by atoms with Crippen molar-refractivity contribution in [1.82, 2.24) is 4.98 Å². The van der Waals surface area contributed by atoms with Crippen LogP contribution in [0.3, 0.4) is 0 Å². The average Bonchev–Trinajstić information content (AvgIpc) is 2.27. The van der Waals surface area contributed by atoms with E-state index in [4.69, 9.17) is 12.2 Å². The second kappa shape index (κ2) is 4.27. The first-order valence-electron chi connectivity index (χ1n) is 2.89. The predicted octanol–water partition coefficient (Wildman–Crippen LogP) is -0.408. The van der Waals surface area contributed by atoms with Crippen LogP contribution >= 0.6 is 23.6 Å². The Morgan fingerprint density at radius 1 is 1.27 bits per heavy atom. The maximum absolute atomic E-state index is 4.92. The summed E-state index contributed by atoms with van der Waals surface area (Å²) in [4.78, 5) is 4.15. The molecule has 0 fully saturated rings. The standard InChI is InChI=1S/C7H5NS2.K/c9-7-8-5-3-1-2-4-6(5)10-7;/h1-4H,(H,8,9);/q;+1/p-1. The van der Waals surface area contributed by atoms with Crippen molar-refractivity contribution in [3.63, 3.8) is 0 Å². The Hall–Kier alpha value is 0.966. The molecular weight excluding hydrogens is 201 g/mol. The van der Waals surface area contributed by atoms with Gasteiger partial charge in [0.1, 0.15) is 0 Å². The zero-order chi connectivity index (χ0) is 6.97. The van der Waals surface area contributed by atoms with Gasteiger partial charge in [-0.05, 0) is 10.0 Å². The second-order valence-electron chi connectivity index (χ2n) is 1.95. The zero-order valence-corrected chi connectivity index (χ0v) is 10.8. The molecule has 2 aromatic rings. The first-order chi connectivity index (χ1) is 4.86. The van der Waals surface area contributed by atoms with E-state index in [-0.39, 0.29) is 51.4 Å². The third-order valence-electron chi connectivity index (χ3n) is 1.27. The van der Waals surface area contributed by atoms with Crippen LogP contribution in [0.4, 0.5) is 0 Å². The summed E-state index contributed by atoms with van der Waals surface area (Å²) < 4.78 is 1.90. The van der Waals surface area contributed by atoms with E-state index in [1.165, 1.54) is 4.70 Å². The summed E-state index contributed by atoms with van der Waals surface area (Å²) >= 11 is 6.48. The number of hydrogen-bond acceptors (Lipinski definition) is 2. The van der Waals surface area contributed by atoms with Gasteiger partial charge >= 0.3 is 51.4 Å². The minimum atomic E-state index is 0. The van der Waals surface area contributed by atoms with Gasteiger partial charge in [-0.25, -0.2) is 0 Å². The number of hydrogen-bond donors (Lipinski definition) is 0. The van der Waals surface area contributed by atoms with Gasteiger partial charge in [0.05, 0.1) is 0 Å². The van der Waals surface area contributed by atoms with Gasteiger partial charge < -0.3 is 4.98 Å². The molecule has 0 radical (unpaired) electrons. The number of thiazole rings is 1. The maximum atomic E-state index is 4.92. The summed E-state index contributed by atoms with van der Waals surface area (Å²) in [5.41, 5.74) is 1.01. The molecule has 0 spiro atoms. The molecule has 50 valence electrons. The minimum Gasteiger partial charge on any atom is -0.639 e. The third kappa shape index (κ3) is 2.21. The van der Waals surface area contributed by atoms with E-state index in [0.29, 0.717) is 0 Å². The predicted molar refractivity (Wildman–Crippen MR) is 46.0 cm³/mol. The van der Waals surface area contributed by atoms with Gasteiger partial charge in [-0.3, -0.25) is 0 Å². The fourth-order valence-corrected chi connectivity index (χ4v) is 1.92. The summed E-state index contributed by atoms with van der Waals surface area (Å²) in [6, 6.07) is 7.97. The zero-order valence-electron chi connectivity index (χ0n) is 6.07. The van der Waals surface area contributed by atoms with E-state index in [1.54, 1.807) is 11.3 Å². The molecular formula is C7H4KNS2. The summed E-state index contributed by atoms with van der Waals surface area (Å²) in [5, 5.41) is 0. The summed E-state index contributed by atoms with van der Waals surface area (Å²) in [6.45, 7) is 0. The van der Waals surface area contributed by atoms with Crippen LogP contribution in [0.2, 0.25) is 0 Å². The molecule has 1 aromatic heterocycles. The molecule has 0 aliphatic rings. The molecule has 0 N–H and O–H groups in total. The molecule has 2 rings (SSSR count). The molecule has 0 atom stereocenters. The number of fused-ring (bicyclic) bond motifs is 1. The monoisotopic (exact) mass is 205 g/mol. The largest absolute Gasteiger partial charge is 1.00 e. The van der Waals surface area contributed by atoms with Crippen molar-refractivity contribution in [3.05, 3.63) is 28.2 Å². The topological polar surface area (TPSA) is 14.1 Å². The van der Waals surface area contributed by atoms with Crippen molar-refractivity contribution in [3.8, 4) is 0 Å². The van der Waals surface area contributed by atoms with E-state index in [9.17, 15) is 0 Å². The van der Waals surface area contributed by atoms with Gasteiger partial charge in [0.15, 0.2) is 0 Å². The summed E-state index contributed by atoms with van der Waals surface area (Å²) in [6.07, 6.45) is 0. The van der Waals surface area contributed by atoms with Gasteiger partial charge in [0.2, 0.25) is 0 Å². The van der Waals surface area contributed by atoms with Crippen molar-refractivity contribution in [1.29, 1.82) is 0 Å². The summed E-state index contributed by atoms with van der Waals surface area (Å²) in [7, 11) is 0. The van der Waals surface area contributed by atoms with Gasteiger partial charge in [0.25, 0.3) is 0 Å². The van der Waals surface area contributed by atoms with Crippen LogP contribution in [-0.4, -0.2) is 0 Å². The van der Waals surface area contributed by atoms with Crippen molar-refractivity contribution < 1.29 is 51.4 Å². The van der Waals surface area contributed by atoms with E-state index in [1.807, 2.05) is 24.3 Å². The van der Waals surface area contributed by atoms with Crippen LogP contribution in [0.1, 0.15) is 0 Å². The summed E-state index contributed by atoms with van der Waals surface area (Å²) in [5.74, 6) is 0. The van der Waals surface area contributed by atoms with E-state index >= 15 is 0 Å². The quantitative estimate of drug-likeness (QED) is 0.429. The van der Waals surface area contributed by atoms with Crippen LogP contribution in [0, 0.1) is 3.95 Å². The maximum Gasteiger partial charge on any atom is 1.00 e. The van der Waals surface area contributed by atoms with Crippen LogP contribution in [0.15, 0.2) is 24.3 Å². The van der Waals surface area contributed by atoms with E-state index in [2.05, 4.69) is 4.98 Å². The van der Waals surface area contributed by atoms with Crippen LogP contribution in [0.5, 0.6) is 0 Å². The Morgan fingerprint density at radius 3 is 2.73 bits per heavy atom. The number of nitrogens with zero attached hydrogens (tertiary/aromatic N) is 1. The Bertz CT molecular complexity index is 368. The number of rotatable bonds is 0. The van der Waals surface area contributed by atoms with Gasteiger partial charge in [0, 0.05) is 4.70 Å². The number of aromatic nitrogens is 1. The third-order valence-corrected chi connectivity index (χ3v) is 2.45. The molecule has 1 aromatic carbocycles. The Balaban J connectivity index is 0.000000605. The van der Waals surface area contributed by atoms with Gasteiger partial charge in [-0.15, -0.1) is 5.52 Å². The molecule has 1 heterocycles. The van der Waals surface area contributed by atoms with Crippen molar-refractivity contribution in [2.75, 3.05) is 0 Å². The minimum absolute atomic E-state index is 0. The SMILES string of the molecule is S=c1[n-]c2ccccc2s1.[K+]. The fraction of sp³-hybridized carbons (Fsp3) is 0. The second-order valence-corrected chi connectivity index (χ2v) is 3.62. The van der Waals surface area contributed by atoms with Crippen molar-refractivity contribution >= 4 is 33.8 Å².